The Balaban J connectivity index is 0.000000423. The van der Waals surface area contributed by atoms with Crippen LogP contribution in [-0.2, 0) is 11.8 Å². The van der Waals surface area contributed by atoms with E-state index in [1.807, 2.05) is 45.3 Å². The van der Waals surface area contributed by atoms with Gasteiger partial charge < -0.3 is 15.2 Å². The van der Waals surface area contributed by atoms with Crippen molar-refractivity contribution in [1.29, 1.82) is 0 Å². The molecule has 0 bridgehead atoms. The molecule has 3 rings (SSSR count). The van der Waals surface area contributed by atoms with E-state index in [1.54, 1.807) is 23.3 Å². The van der Waals surface area contributed by atoms with E-state index in [2.05, 4.69) is 25.4 Å². The lowest BCUT2D eigenvalue weighted by molar-refractivity contribution is -0.192. The van der Waals surface area contributed by atoms with Gasteiger partial charge >= 0.3 is 12.1 Å². The average Bonchev–Trinajstić information content (AvgIpc) is 3.05. The van der Waals surface area contributed by atoms with Crippen molar-refractivity contribution in [1.82, 2.24) is 24.7 Å². The summed E-state index contributed by atoms with van der Waals surface area (Å²) in [6.45, 7) is 4.54. The molecule has 0 amide bonds. The number of aromatic nitrogens is 5. The molecule has 3 aromatic rings. The third-order valence-corrected chi connectivity index (χ3v) is 3.71. The Labute approximate surface area is 175 Å². The average molecular weight is 438 g/mol. The SMILES string of the molecule is Cc1nn(C)cc1-c1ccnc(NCC(C)Oc2cccnc2)n1.O=C(O)C(F)(F)F. The van der Waals surface area contributed by atoms with Crippen molar-refractivity contribution >= 4 is 11.9 Å². The summed E-state index contributed by atoms with van der Waals surface area (Å²) < 4.78 is 39.3. The molecule has 9 nitrogen and oxygen atoms in total. The maximum absolute atomic E-state index is 10.6. The molecule has 0 saturated carbocycles. The van der Waals surface area contributed by atoms with E-state index in [-0.39, 0.29) is 6.10 Å². The van der Waals surface area contributed by atoms with Crippen LogP contribution in [0.2, 0.25) is 0 Å². The van der Waals surface area contributed by atoms with Gasteiger partial charge in [-0.3, -0.25) is 9.67 Å². The maximum atomic E-state index is 10.6. The summed E-state index contributed by atoms with van der Waals surface area (Å²) >= 11 is 0. The number of carbonyl (C=O) groups is 1. The Morgan fingerprint density at radius 2 is 2.03 bits per heavy atom. The fourth-order valence-electron chi connectivity index (χ4n) is 2.37. The predicted molar refractivity (Wildman–Crippen MR) is 105 cm³/mol. The summed E-state index contributed by atoms with van der Waals surface area (Å²) in [5.41, 5.74) is 2.79. The first kappa shape index (κ1) is 23.6. The summed E-state index contributed by atoms with van der Waals surface area (Å²) in [5.74, 6) is -1.45. The minimum Gasteiger partial charge on any atom is -0.487 e. The van der Waals surface area contributed by atoms with Crippen LogP contribution in [0, 0.1) is 6.92 Å². The van der Waals surface area contributed by atoms with Gasteiger partial charge in [0.25, 0.3) is 0 Å². The van der Waals surface area contributed by atoms with Crippen LogP contribution in [-0.4, -0.2) is 54.6 Å². The molecule has 3 heterocycles. The van der Waals surface area contributed by atoms with Crippen LogP contribution in [0.3, 0.4) is 0 Å². The van der Waals surface area contributed by atoms with Gasteiger partial charge in [-0.25, -0.2) is 14.8 Å². The molecular weight excluding hydrogens is 417 g/mol. The van der Waals surface area contributed by atoms with Gasteiger partial charge in [0, 0.05) is 31.2 Å². The highest BCUT2D eigenvalue weighted by Crippen LogP contribution is 2.20. The maximum Gasteiger partial charge on any atom is 0.490 e. The zero-order valence-corrected chi connectivity index (χ0v) is 17.0. The summed E-state index contributed by atoms with van der Waals surface area (Å²) in [6, 6.07) is 5.61. The van der Waals surface area contributed by atoms with Crippen LogP contribution < -0.4 is 10.1 Å². The Morgan fingerprint density at radius 1 is 1.32 bits per heavy atom. The molecule has 1 atom stereocenters. The largest absolute Gasteiger partial charge is 0.490 e. The Morgan fingerprint density at radius 3 is 2.58 bits per heavy atom. The van der Waals surface area contributed by atoms with E-state index in [9.17, 15) is 13.2 Å². The fraction of sp³-hybridized carbons (Fsp3) is 0.316. The lowest BCUT2D eigenvalue weighted by Gasteiger charge is -2.15. The number of nitrogens with zero attached hydrogens (tertiary/aromatic N) is 5. The van der Waals surface area contributed by atoms with Gasteiger partial charge in [0.1, 0.15) is 11.9 Å². The van der Waals surface area contributed by atoms with Crippen molar-refractivity contribution in [3.8, 4) is 17.0 Å². The number of carboxylic acid groups (broad SMARTS) is 1. The number of nitrogens with one attached hydrogen (secondary N) is 1. The lowest BCUT2D eigenvalue weighted by atomic mass is 10.2. The van der Waals surface area contributed by atoms with E-state index in [1.165, 1.54) is 0 Å². The number of hydrogen-bond acceptors (Lipinski definition) is 7. The number of hydrogen-bond donors (Lipinski definition) is 2. The van der Waals surface area contributed by atoms with E-state index < -0.39 is 12.1 Å². The second-order valence-electron chi connectivity index (χ2n) is 6.37. The number of rotatable bonds is 6. The van der Waals surface area contributed by atoms with Gasteiger partial charge in [-0.15, -0.1) is 0 Å². The molecule has 0 aliphatic carbocycles. The normalized spacial score (nSPS) is 11.8. The van der Waals surface area contributed by atoms with E-state index >= 15 is 0 Å². The van der Waals surface area contributed by atoms with E-state index in [4.69, 9.17) is 14.6 Å². The van der Waals surface area contributed by atoms with Gasteiger partial charge in [-0.2, -0.15) is 18.3 Å². The number of halogens is 3. The molecule has 1 unspecified atom stereocenters. The fourth-order valence-corrected chi connectivity index (χ4v) is 2.37. The van der Waals surface area contributed by atoms with E-state index in [0.717, 1.165) is 22.7 Å². The van der Waals surface area contributed by atoms with Crippen molar-refractivity contribution in [2.75, 3.05) is 11.9 Å². The molecule has 0 fully saturated rings. The first-order chi connectivity index (χ1) is 14.6. The Bertz CT molecular complexity index is 995. The van der Waals surface area contributed by atoms with Crippen LogP contribution >= 0.6 is 0 Å². The Hall–Kier alpha value is -3.70. The minimum absolute atomic E-state index is 0.0402. The first-order valence-electron chi connectivity index (χ1n) is 9.00. The number of anilines is 1. The Kier molecular flexibility index (Phi) is 7.88. The van der Waals surface area contributed by atoms with Crippen LogP contribution in [0.25, 0.3) is 11.3 Å². The molecule has 0 spiro atoms. The molecular formula is C19H21F3N6O3. The standard InChI is InChI=1S/C17H20N6O.C2HF3O2/c1-12(24-14-5-4-7-18-10-14)9-20-17-19-8-6-16(21-17)15-11-23(3)22-13(15)2;3-2(4,5)1(6)7/h4-8,10-12H,9H2,1-3H3,(H,19,20,21);(H,6,7). The smallest absolute Gasteiger partial charge is 0.487 e. The third kappa shape index (κ3) is 7.57. The van der Waals surface area contributed by atoms with Crippen LogP contribution in [0.4, 0.5) is 19.1 Å². The van der Waals surface area contributed by atoms with Crippen LogP contribution in [0.1, 0.15) is 12.6 Å². The number of alkyl halides is 3. The predicted octanol–water partition coefficient (Wildman–Crippen LogP) is 3.09. The lowest BCUT2D eigenvalue weighted by Crippen LogP contribution is -2.23. The number of ether oxygens (including phenoxy) is 1. The van der Waals surface area contributed by atoms with Crippen LogP contribution in [0.5, 0.6) is 5.75 Å². The topological polar surface area (TPSA) is 115 Å². The van der Waals surface area contributed by atoms with Crippen molar-refractivity contribution in [3.63, 3.8) is 0 Å². The van der Waals surface area contributed by atoms with Crippen molar-refractivity contribution in [2.45, 2.75) is 26.1 Å². The van der Waals surface area contributed by atoms with Crippen molar-refractivity contribution in [2.24, 2.45) is 7.05 Å². The summed E-state index contributed by atoms with van der Waals surface area (Å²) in [4.78, 5) is 21.7. The zero-order valence-electron chi connectivity index (χ0n) is 17.0. The quantitative estimate of drug-likeness (QED) is 0.603. The molecule has 2 N–H and O–H groups in total. The van der Waals surface area contributed by atoms with Crippen molar-refractivity contribution < 1.29 is 27.8 Å². The minimum atomic E-state index is -5.08. The van der Waals surface area contributed by atoms with Gasteiger partial charge in [-0.1, -0.05) is 0 Å². The summed E-state index contributed by atoms with van der Waals surface area (Å²) in [6.07, 6.45) is 1.98. The van der Waals surface area contributed by atoms with Gasteiger partial charge in [-0.05, 0) is 32.0 Å². The number of pyridine rings is 1. The van der Waals surface area contributed by atoms with Crippen molar-refractivity contribution in [3.05, 3.63) is 48.7 Å². The molecule has 0 aliphatic heterocycles. The van der Waals surface area contributed by atoms with Gasteiger partial charge in [0.05, 0.1) is 24.1 Å². The molecule has 12 heteroatoms. The highest BCUT2D eigenvalue weighted by atomic mass is 19.4. The second-order valence-corrected chi connectivity index (χ2v) is 6.37. The third-order valence-electron chi connectivity index (χ3n) is 3.71. The number of aryl methyl sites for hydroxylation is 2. The number of aliphatic carboxylic acids is 1. The van der Waals surface area contributed by atoms with Gasteiger partial charge in [0.15, 0.2) is 0 Å². The highest BCUT2D eigenvalue weighted by molar-refractivity contribution is 5.73. The number of carboxylic acids is 1. The molecule has 0 saturated heterocycles. The molecule has 0 aliphatic rings. The monoisotopic (exact) mass is 438 g/mol. The molecule has 0 radical (unpaired) electrons. The zero-order chi connectivity index (χ0) is 23.0. The summed E-state index contributed by atoms with van der Waals surface area (Å²) in [7, 11) is 1.90. The first-order valence-corrected chi connectivity index (χ1v) is 9.00. The molecule has 31 heavy (non-hydrogen) atoms. The van der Waals surface area contributed by atoms with E-state index in [0.29, 0.717) is 12.5 Å². The molecule has 0 aromatic carbocycles. The molecule has 3 aromatic heterocycles. The highest BCUT2D eigenvalue weighted by Gasteiger charge is 2.38. The summed E-state index contributed by atoms with van der Waals surface area (Å²) in [5, 5.41) is 14.7. The molecule has 166 valence electrons. The van der Waals surface area contributed by atoms with Gasteiger partial charge in [0.2, 0.25) is 5.95 Å². The van der Waals surface area contributed by atoms with Crippen LogP contribution in [0.15, 0.2) is 43.0 Å². The second kappa shape index (κ2) is 10.4.